The lowest BCUT2D eigenvalue weighted by molar-refractivity contribution is 0.598. The Bertz CT molecular complexity index is 224. The van der Waals surface area contributed by atoms with E-state index in [4.69, 9.17) is 5.26 Å². The summed E-state index contributed by atoms with van der Waals surface area (Å²) >= 11 is 0.863. The molecule has 0 amide bonds. The van der Waals surface area contributed by atoms with Crippen molar-refractivity contribution < 1.29 is 4.39 Å². The van der Waals surface area contributed by atoms with E-state index in [1.165, 1.54) is 0 Å². The Hall–Kier alpha value is -0.950. The van der Waals surface area contributed by atoms with Gasteiger partial charge in [0.1, 0.15) is 10.9 Å². The monoisotopic (exact) mass is 128 g/mol. The zero-order valence-corrected chi connectivity index (χ0v) is 4.57. The van der Waals surface area contributed by atoms with E-state index in [0.717, 1.165) is 17.6 Å². The molecule has 4 heteroatoms. The molecule has 40 valence electrons. The Morgan fingerprint density at radius 2 is 2.62 bits per heavy atom. The second kappa shape index (κ2) is 1.88. The van der Waals surface area contributed by atoms with E-state index >= 15 is 0 Å². The van der Waals surface area contributed by atoms with Crippen LogP contribution in [0.15, 0.2) is 6.07 Å². The second-order valence-corrected chi connectivity index (χ2v) is 1.93. The van der Waals surface area contributed by atoms with E-state index in [2.05, 4.69) is 4.37 Å². The van der Waals surface area contributed by atoms with Gasteiger partial charge in [0.25, 0.3) is 0 Å². The first-order valence-corrected chi connectivity index (χ1v) is 2.62. The van der Waals surface area contributed by atoms with E-state index in [0.29, 0.717) is 4.88 Å². The molecule has 0 fully saturated rings. The van der Waals surface area contributed by atoms with Gasteiger partial charge in [0, 0.05) is 6.07 Å². The number of rotatable bonds is 0. The smallest absolute Gasteiger partial charge is 0.191 e. The van der Waals surface area contributed by atoms with Crippen LogP contribution < -0.4 is 0 Å². The fraction of sp³-hybridized carbons (Fsp3) is 0. The quantitative estimate of drug-likeness (QED) is 0.525. The number of aromatic nitrogens is 1. The summed E-state index contributed by atoms with van der Waals surface area (Å²) in [5.41, 5.74) is 0. The van der Waals surface area contributed by atoms with Gasteiger partial charge in [0.15, 0.2) is 0 Å². The molecule has 0 saturated carbocycles. The fourth-order valence-electron chi connectivity index (χ4n) is 0.306. The van der Waals surface area contributed by atoms with Crippen LogP contribution >= 0.6 is 11.5 Å². The lowest BCUT2D eigenvalue weighted by atomic mass is 10.5. The van der Waals surface area contributed by atoms with Gasteiger partial charge in [-0.15, -0.1) is 0 Å². The number of hydrogen-bond donors (Lipinski definition) is 0. The number of nitrogens with zero attached hydrogens (tertiary/aromatic N) is 2. The molecular formula is C4HFN2S. The summed E-state index contributed by atoms with van der Waals surface area (Å²) in [5, 5.41) is 8.10. The maximum atomic E-state index is 11.9. The molecule has 0 bridgehead atoms. The van der Waals surface area contributed by atoms with Crippen molar-refractivity contribution in [3.8, 4) is 6.07 Å². The van der Waals surface area contributed by atoms with Gasteiger partial charge in [0.2, 0.25) is 5.95 Å². The molecule has 0 aliphatic rings. The Morgan fingerprint density at radius 1 is 1.88 bits per heavy atom. The zero-order chi connectivity index (χ0) is 5.98. The molecule has 1 aromatic rings. The molecule has 1 heterocycles. The topological polar surface area (TPSA) is 36.7 Å². The number of nitriles is 1. The van der Waals surface area contributed by atoms with Gasteiger partial charge in [-0.3, -0.25) is 0 Å². The molecule has 0 atom stereocenters. The molecule has 0 N–H and O–H groups in total. The Kier molecular flexibility index (Phi) is 1.22. The molecule has 0 aliphatic heterocycles. The van der Waals surface area contributed by atoms with Gasteiger partial charge in [-0.25, -0.2) is 0 Å². The molecule has 1 aromatic heterocycles. The molecule has 0 aromatic carbocycles. The third-order valence-electron chi connectivity index (χ3n) is 0.592. The minimum atomic E-state index is -0.577. The highest BCUT2D eigenvalue weighted by Gasteiger charge is 1.95. The van der Waals surface area contributed by atoms with Crippen LogP contribution in [0.5, 0.6) is 0 Å². The standard InChI is InChI=1S/C4HFN2S/c5-4-1-3(2-6)8-7-4/h1H. The van der Waals surface area contributed by atoms with Crippen molar-refractivity contribution in [2.75, 3.05) is 0 Å². The van der Waals surface area contributed by atoms with Crippen LogP contribution in [-0.4, -0.2) is 4.37 Å². The van der Waals surface area contributed by atoms with E-state index in [1.807, 2.05) is 0 Å². The molecule has 0 spiro atoms. The van der Waals surface area contributed by atoms with Crippen LogP contribution in [0, 0.1) is 17.3 Å². The summed E-state index contributed by atoms with van der Waals surface area (Å²) in [6.45, 7) is 0. The van der Waals surface area contributed by atoms with E-state index in [-0.39, 0.29) is 0 Å². The summed E-state index contributed by atoms with van der Waals surface area (Å²) in [6.07, 6.45) is 0. The van der Waals surface area contributed by atoms with Crippen molar-refractivity contribution in [2.45, 2.75) is 0 Å². The molecule has 2 nitrogen and oxygen atoms in total. The molecule has 8 heavy (non-hydrogen) atoms. The number of halogens is 1. The van der Waals surface area contributed by atoms with Crippen molar-refractivity contribution >= 4 is 11.5 Å². The van der Waals surface area contributed by atoms with E-state index in [1.54, 1.807) is 6.07 Å². The van der Waals surface area contributed by atoms with Gasteiger partial charge in [-0.05, 0) is 11.5 Å². The summed E-state index contributed by atoms with van der Waals surface area (Å²) in [7, 11) is 0. The average molecular weight is 128 g/mol. The average Bonchev–Trinajstić information content (AvgIpc) is 2.14. The van der Waals surface area contributed by atoms with Crippen LogP contribution in [0.2, 0.25) is 0 Å². The molecule has 0 aliphatic carbocycles. The predicted molar refractivity (Wildman–Crippen MR) is 26.8 cm³/mol. The van der Waals surface area contributed by atoms with Crippen LogP contribution in [-0.2, 0) is 0 Å². The lowest BCUT2D eigenvalue weighted by Gasteiger charge is -1.61. The maximum absolute atomic E-state index is 11.9. The highest BCUT2D eigenvalue weighted by atomic mass is 32.1. The van der Waals surface area contributed by atoms with Crippen molar-refractivity contribution in [1.82, 2.24) is 4.37 Å². The van der Waals surface area contributed by atoms with E-state index < -0.39 is 5.95 Å². The first kappa shape index (κ1) is 5.19. The van der Waals surface area contributed by atoms with Gasteiger partial charge in [-0.1, -0.05) is 0 Å². The second-order valence-electron chi connectivity index (χ2n) is 1.13. The highest BCUT2D eigenvalue weighted by Crippen LogP contribution is 2.05. The van der Waals surface area contributed by atoms with Gasteiger partial charge in [-0.2, -0.15) is 14.0 Å². The largest absolute Gasteiger partial charge is 0.225 e. The molecule has 0 unspecified atom stereocenters. The first-order chi connectivity index (χ1) is 3.83. The SMILES string of the molecule is N#Cc1cc(F)ns1. The predicted octanol–water partition coefficient (Wildman–Crippen LogP) is 1.15. The normalized spacial score (nSPS) is 8.50. The molecule has 0 radical (unpaired) electrons. The maximum Gasteiger partial charge on any atom is 0.225 e. The van der Waals surface area contributed by atoms with Gasteiger partial charge < -0.3 is 0 Å². The highest BCUT2D eigenvalue weighted by molar-refractivity contribution is 7.06. The third-order valence-corrected chi connectivity index (χ3v) is 1.26. The minimum Gasteiger partial charge on any atom is -0.191 e. The Labute approximate surface area is 49.4 Å². The fourth-order valence-corrected chi connectivity index (χ4v) is 0.735. The lowest BCUT2D eigenvalue weighted by Crippen LogP contribution is -1.61. The summed E-state index contributed by atoms with van der Waals surface area (Å²) in [6, 6.07) is 2.87. The van der Waals surface area contributed by atoms with Gasteiger partial charge >= 0.3 is 0 Å². The molecule has 0 saturated heterocycles. The summed E-state index contributed by atoms with van der Waals surface area (Å²) in [5.74, 6) is -0.577. The Balaban J connectivity index is 3.05. The van der Waals surface area contributed by atoms with Crippen LogP contribution in [0.25, 0.3) is 0 Å². The molecule has 1 rings (SSSR count). The van der Waals surface area contributed by atoms with Crippen LogP contribution in [0.4, 0.5) is 4.39 Å². The zero-order valence-electron chi connectivity index (χ0n) is 3.76. The minimum absolute atomic E-state index is 0.308. The van der Waals surface area contributed by atoms with Crippen molar-refractivity contribution in [3.05, 3.63) is 16.9 Å². The van der Waals surface area contributed by atoms with Crippen molar-refractivity contribution in [1.29, 1.82) is 5.26 Å². The summed E-state index contributed by atoms with van der Waals surface area (Å²) < 4.78 is 15.1. The van der Waals surface area contributed by atoms with E-state index in [9.17, 15) is 4.39 Å². The first-order valence-electron chi connectivity index (χ1n) is 1.85. The molecular weight excluding hydrogens is 127 g/mol. The van der Waals surface area contributed by atoms with Crippen LogP contribution in [0.3, 0.4) is 0 Å². The van der Waals surface area contributed by atoms with Crippen molar-refractivity contribution in [3.63, 3.8) is 0 Å². The number of hydrogen-bond acceptors (Lipinski definition) is 3. The van der Waals surface area contributed by atoms with Crippen LogP contribution in [0.1, 0.15) is 4.88 Å². The van der Waals surface area contributed by atoms with Gasteiger partial charge in [0.05, 0.1) is 0 Å². The van der Waals surface area contributed by atoms with Crippen molar-refractivity contribution in [2.24, 2.45) is 0 Å². The third kappa shape index (κ3) is 0.820. The summed E-state index contributed by atoms with van der Waals surface area (Å²) in [4.78, 5) is 0.308. The Morgan fingerprint density at radius 3 is 2.88 bits per heavy atom.